The zero-order valence-corrected chi connectivity index (χ0v) is 11.6. The first kappa shape index (κ1) is 16.2. The van der Waals surface area contributed by atoms with Crippen LogP contribution in [0.5, 0.6) is 0 Å². The second-order valence-electron chi connectivity index (χ2n) is 3.61. The summed E-state index contributed by atoms with van der Waals surface area (Å²) in [5.74, 6) is 0.855. The third kappa shape index (κ3) is 11.4. The maximum Gasteiger partial charge on any atom is 0.191 e. The Morgan fingerprint density at radius 3 is 2.47 bits per heavy atom. The van der Waals surface area contributed by atoms with Crippen LogP contribution in [0.25, 0.3) is 0 Å². The highest BCUT2D eigenvalue weighted by Crippen LogP contribution is 1.86. The van der Waals surface area contributed by atoms with Crippen LogP contribution in [0, 0.1) is 0 Å². The second-order valence-corrected chi connectivity index (χ2v) is 5.87. The maximum atomic E-state index is 10.9. The molecular weight excluding hydrogens is 242 g/mol. The summed E-state index contributed by atoms with van der Waals surface area (Å²) in [4.78, 5) is 4.01. The normalized spacial score (nSPS) is 12.5. The number of rotatable bonds is 8. The molecule has 2 N–H and O–H groups in total. The monoisotopic (exact) mass is 265 g/mol. The van der Waals surface area contributed by atoms with Crippen LogP contribution in [0.15, 0.2) is 4.99 Å². The first-order valence-corrected chi connectivity index (χ1v) is 7.75. The molecule has 0 saturated carbocycles. The highest BCUT2D eigenvalue weighted by molar-refractivity contribution is 7.90. The van der Waals surface area contributed by atoms with Crippen LogP contribution in [0.1, 0.15) is 13.3 Å². The molecule has 0 fully saturated rings. The molecule has 17 heavy (non-hydrogen) atoms. The maximum absolute atomic E-state index is 10.9. The lowest BCUT2D eigenvalue weighted by atomic mass is 10.5. The topological polar surface area (TPSA) is 79.8 Å². The van der Waals surface area contributed by atoms with Gasteiger partial charge in [0.1, 0.15) is 9.84 Å². The number of aliphatic imine (C=N–C) groups is 1. The molecule has 0 atom stereocenters. The molecular formula is C10H23N3O3S. The Labute approximate surface area is 104 Å². The van der Waals surface area contributed by atoms with Crippen LogP contribution in [0.3, 0.4) is 0 Å². The van der Waals surface area contributed by atoms with Crippen molar-refractivity contribution < 1.29 is 13.2 Å². The van der Waals surface area contributed by atoms with E-state index in [4.69, 9.17) is 4.74 Å². The fraction of sp³-hybridized carbons (Fsp3) is 0.900. The molecule has 0 aromatic rings. The summed E-state index contributed by atoms with van der Waals surface area (Å²) >= 11 is 0. The van der Waals surface area contributed by atoms with Gasteiger partial charge < -0.3 is 15.4 Å². The van der Waals surface area contributed by atoms with Crippen LogP contribution in [-0.4, -0.2) is 59.7 Å². The number of nitrogens with one attached hydrogen (secondary N) is 2. The van der Waals surface area contributed by atoms with Crippen molar-refractivity contribution >= 4 is 15.8 Å². The van der Waals surface area contributed by atoms with Crippen molar-refractivity contribution in [2.75, 3.05) is 45.4 Å². The lowest BCUT2D eigenvalue weighted by Gasteiger charge is -2.11. The number of nitrogens with zero attached hydrogens (tertiary/aromatic N) is 1. The lowest BCUT2D eigenvalue weighted by molar-refractivity contribution is 0.152. The van der Waals surface area contributed by atoms with Crippen LogP contribution in [0.4, 0.5) is 0 Å². The minimum atomic E-state index is -2.87. The van der Waals surface area contributed by atoms with Gasteiger partial charge in [-0.1, -0.05) is 0 Å². The molecule has 102 valence electrons. The zero-order valence-electron chi connectivity index (χ0n) is 10.8. The van der Waals surface area contributed by atoms with E-state index in [2.05, 4.69) is 15.6 Å². The van der Waals surface area contributed by atoms with Crippen LogP contribution in [0.2, 0.25) is 0 Å². The van der Waals surface area contributed by atoms with Gasteiger partial charge in [-0.05, 0) is 13.3 Å². The van der Waals surface area contributed by atoms with Gasteiger partial charge in [-0.3, -0.25) is 4.99 Å². The van der Waals surface area contributed by atoms with Gasteiger partial charge in [0.25, 0.3) is 0 Å². The SMILES string of the molecule is CCOCCNC(=NC)NCCCS(C)(=O)=O. The number of hydrogen-bond donors (Lipinski definition) is 2. The van der Waals surface area contributed by atoms with Gasteiger partial charge >= 0.3 is 0 Å². The number of ether oxygens (including phenoxy) is 1. The molecule has 0 aromatic carbocycles. The molecule has 0 saturated heterocycles. The first-order chi connectivity index (χ1) is 7.99. The molecule has 0 unspecified atom stereocenters. The Hall–Kier alpha value is -0.820. The van der Waals surface area contributed by atoms with Crippen molar-refractivity contribution in [2.45, 2.75) is 13.3 Å². The van der Waals surface area contributed by atoms with Gasteiger partial charge in [0.05, 0.1) is 12.4 Å². The Kier molecular flexibility index (Phi) is 8.79. The molecule has 7 heteroatoms. The molecule has 0 rings (SSSR count). The van der Waals surface area contributed by atoms with Gasteiger partial charge in [0, 0.05) is 33.0 Å². The van der Waals surface area contributed by atoms with E-state index in [0.717, 1.165) is 0 Å². The third-order valence-corrected chi connectivity index (χ3v) is 2.98. The van der Waals surface area contributed by atoms with Crippen LogP contribution < -0.4 is 10.6 Å². The quantitative estimate of drug-likeness (QED) is 0.355. The number of guanidine groups is 1. The van der Waals surface area contributed by atoms with Gasteiger partial charge in [-0.2, -0.15) is 0 Å². The predicted octanol–water partition coefficient (Wildman–Crippen LogP) is -0.377. The fourth-order valence-corrected chi connectivity index (χ4v) is 1.82. The molecule has 6 nitrogen and oxygen atoms in total. The highest BCUT2D eigenvalue weighted by atomic mass is 32.2. The average Bonchev–Trinajstić information content (AvgIpc) is 2.25. The summed E-state index contributed by atoms with van der Waals surface area (Å²) < 4.78 is 27.0. The molecule has 0 aliphatic rings. The van der Waals surface area contributed by atoms with E-state index in [0.29, 0.717) is 38.7 Å². The van der Waals surface area contributed by atoms with Gasteiger partial charge in [-0.25, -0.2) is 8.42 Å². The summed E-state index contributed by atoms with van der Waals surface area (Å²) in [7, 11) is -1.20. The van der Waals surface area contributed by atoms with Crippen LogP contribution >= 0.6 is 0 Å². The van der Waals surface area contributed by atoms with Gasteiger partial charge in [-0.15, -0.1) is 0 Å². The van der Waals surface area contributed by atoms with E-state index >= 15 is 0 Å². The van der Waals surface area contributed by atoms with Gasteiger partial charge in [0.15, 0.2) is 5.96 Å². The molecule has 0 heterocycles. The van der Waals surface area contributed by atoms with Crippen molar-refractivity contribution in [3.63, 3.8) is 0 Å². The van der Waals surface area contributed by atoms with Crippen LogP contribution in [-0.2, 0) is 14.6 Å². The summed E-state index contributed by atoms with van der Waals surface area (Å²) in [6.45, 7) is 4.53. The van der Waals surface area contributed by atoms with Crippen molar-refractivity contribution in [3.8, 4) is 0 Å². The molecule has 0 amide bonds. The Morgan fingerprint density at radius 1 is 1.29 bits per heavy atom. The summed E-state index contributed by atoms with van der Waals surface area (Å²) in [5.41, 5.74) is 0. The lowest BCUT2D eigenvalue weighted by Crippen LogP contribution is -2.39. The summed E-state index contributed by atoms with van der Waals surface area (Å²) in [6, 6.07) is 0. The van der Waals surface area contributed by atoms with Gasteiger partial charge in [0.2, 0.25) is 0 Å². The summed E-state index contributed by atoms with van der Waals surface area (Å²) in [5, 5.41) is 6.10. The molecule has 0 aromatic heterocycles. The molecule has 0 aliphatic heterocycles. The predicted molar refractivity (Wildman–Crippen MR) is 70.2 cm³/mol. The molecule has 0 aliphatic carbocycles. The zero-order chi connectivity index (χ0) is 13.1. The number of sulfone groups is 1. The minimum Gasteiger partial charge on any atom is -0.380 e. The molecule has 0 radical (unpaired) electrons. The highest BCUT2D eigenvalue weighted by Gasteiger charge is 2.02. The van der Waals surface area contributed by atoms with E-state index in [1.807, 2.05) is 6.92 Å². The largest absolute Gasteiger partial charge is 0.380 e. The van der Waals surface area contributed by atoms with E-state index in [1.54, 1.807) is 7.05 Å². The van der Waals surface area contributed by atoms with Crippen molar-refractivity contribution in [2.24, 2.45) is 4.99 Å². The van der Waals surface area contributed by atoms with E-state index in [9.17, 15) is 8.42 Å². The Balaban J connectivity index is 3.62. The number of hydrogen-bond acceptors (Lipinski definition) is 4. The molecule has 0 spiro atoms. The Morgan fingerprint density at radius 2 is 1.94 bits per heavy atom. The van der Waals surface area contributed by atoms with E-state index < -0.39 is 9.84 Å². The first-order valence-electron chi connectivity index (χ1n) is 5.69. The Bertz CT molecular complexity index is 315. The van der Waals surface area contributed by atoms with Crippen molar-refractivity contribution in [3.05, 3.63) is 0 Å². The molecule has 0 bridgehead atoms. The average molecular weight is 265 g/mol. The minimum absolute atomic E-state index is 0.190. The van der Waals surface area contributed by atoms with Crippen molar-refractivity contribution in [1.29, 1.82) is 0 Å². The standard InChI is InChI=1S/C10H23N3O3S/c1-4-16-8-7-13-10(11-2)12-6-5-9-17(3,14)15/h4-9H2,1-3H3,(H2,11,12,13). The fourth-order valence-electron chi connectivity index (χ4n) is 1.15. The summed E-state index contributed by atoms with van der Waals surface area (Å²) in [6.07, 6.45) is 1.81. The second kappa shape index (κ2) is 9.23. The van der Waals surface area contributed by atoms with E-state index in [-0.39, 0.29) is 5.75 Å². The smallest absolute Gasteiger partial charge is 0.191 e. The van der Waals surface area contributed by atoms with Crippen molar-refractivity contribution in [1.82, 2.24) is 10.6 Å². The van der Waals surface area contributed by atoms with E-state index in [1.165, 1.54) is 6.26 Å². The third-order valence-electron chi connectivity index (χ3n) is 1.95.